The maximum Gasteiger partial charge on any atom is 0.243 e. The van der Waals surface area contributed by atoms with Crippen molar-refractivity contribution in [2.45, 2.75) is 45.7 Å². The van der Waals surface area contributed by atoms with Gasteiger partial charge >= 0.3 is 0 Å². The molecule has 3 aromatic rings. The molecule has 0 fully saturated rings. The van der Waals surface area contributed by atoms with Crippen molar-refractivity contribution in [3.05, 3.63) is 100 Å². The van der Waals surface area contributed by atoms with Crippen molar-refractivity contribution < 1.29 is 14.3 Å². The molecule has 0 saturated carbocycles. The summed E-state index contributed by atoms with van der Waals surface area (Å²) >= 11 is 3.51. The van der Waals surface area contributed by atoms with Crippen LogP contribution in [0.4, 0.5) is 0 Å². The highest BCUT2D eigenvalue weighted by molar-refractivity contribution is 9.10. The molecule has 6 heteroatoms. The fraction of sp³-hybridized carbons (Fsp3) is 0.310. The summed E-state index contributed by atoms with van der Waals surface area (Å²) in [6, 6.07) is 24.9. The lowest BCUT2D eigenvalue weighted by Crippen LogP contribution is -2.50. The fourth-order valence-corrected chi connectivity index (χ4v) is 4.32. The number of ether oxygens (including phenoxy) is 1. The van der Waals surface area contributed by atoms with Crippen LogP contribution in [0.3, 0.4) is 0 Å². The number of nitrogens with one attached hydrogen (secondary N) is 1. The summed E-state index contributed by atoms with van der Waals surface area (Å²) in [5, 5.41) is 2.92. The molecule has 0 saturated heterocycles. The molecule has 35 heavy (non-hydrogen) atoms. The molecule has 0 spiro atoms. The maximum atomic E-state index is 13.5. The van der Waals surface area contributed by atoms with E-state index in [2.05, 4.69) is 21.2 Å². The van der Waals surface area contributed by atoms with Gasteiger partial charge < -0.3 is 15.0 Å². The van der Waals surface area contributed by atoms with E-state index in [1.807, 2.05) is 92.7 Å². The second-order valence-corrected chi connectivity index (χ2v) is 9.43. The fourth-order valence-electron chi connectivity index (χ4n) is 3.87. The van der Waals surface area contributed by atoms with Crippen LogP contribution in [0.2, 0.25) is 0 Å². The van der Waals surface area contributed by atoms with Gasteiger partial charge in [0.15, 0.2) is 0 Å². The normalized spacial score (nSPS) is 11.5. The second kappa shape index (κ2) is 13.7. The largest absolute Gasteiger partial charge is 0.494 e. The van der Waals surface area contributed by atoms with Crippen LogP contribution in [-0.4, -0.2) is 35.9 Å². The van der Waals surface area contributed by atoms with E-state index in [4.69, 9.17) is 4.74 Å². The first-order valence-corrected chi connectivity index (χ1v) is 12.8. The van der Waals surface area contributed by atoms with E-state index in [1.165, 1.54) is 5.56 Å². The first-order chi connectivity index (χ1) is 17.0. The molecule has 3 rings (SSSR count). The smallest absolute Gasteiger partial charge is 0.243 e. The predicted octanol–water partition coefficient (Wildman–Crippen LogP) is 5.69. The van der Waals surface area contributed by atoms with Crippen LogP contribution in [-0.2, 0) is 22.6 Å². The lowest BCUT2D eigenvalue weighted by atomic mass is 10.0. The Morgan fingerprint density at radius 1 is 0.971 bits per heavy atom. The Balaban J connectivity index is 1.76. The van der Waals surface area contributed by atoms with Gasteiger partial charge in [-0.25, -0.2) is 0 Å². The average Bonchev–Trinajstić information content (AvgIpc) is 2.86. The van der Waals surface area contributed by atoms with Gasteiger partial charge in [-0.1, -0.05) is 76.1 Å². The zero-order valence-corrected chi connectivity index (χ0v) is 22.0. The van der Waals surface area contributed by atoms with Gasteiger partial charge in [0.05, 0.1) is 6.61 Å². The number of halogens is 1. The summed E-state index contributed by atoms with van der Waals surface area (Å²) in [5.74, 6) is 0.582. The number of hydrogen-bond donors (Lipinski definition) is 1. The van der Waals surface area contributed by atoms with Gasteiger partial charge in [0, 0.05) is 30.4 Å². The minimum Gasteiger partial charge on any atom is -0.494 e. The van der Waals surface area contributed by atoms with E-state index in [0.29, 0.717) is 39.0 Å². The number of carbonyl (C=O) groups excluding carboxylic acids is 2. The summed E-state index contributed by atoms with van der Waals surface area (Å²) in [6.45, 7) is 5.21. The zero-order chi connectivity index (χ0) is 25.0. The van der Waals surface area contributed by atoms with E-state index in [9.17, 15) is 9.59 Å². The Bertz CT molecular complexity index is 1090. The Labute approximate surface area is 216 Å². The predicted molar refractivity (Wildman–Crippen MR) is 143 cm³/mol. The Morgan fingerprint density at radius 2 is 1.69 bits per heavy atom. The highest BCUT2D eigenvalue weighted by Crippen LogP contribution is 2.19. The molecule has 0 bridgehead atoms. The van der Waals surface area contributed by atoms with Crippen LogP contribution in [0.5, 0.6) is 5.75 Å². The Morgan fingerprint density at radius 3 is 2.37 bits per heavy atom. The van der Waals surface area contributed by atoms with Crippen LogP contribution < -0.4 is 10.1 Å². The molecule has 0 aromatic heterocycles. The number of aryl methyl sites for hydroxylation is 1. The van der Waals surface area contributed by atoms with Gasteiger partial charge in [-0.05, 0) is 55.7 Å². The molecule has 0 heterocycles. The first kappa shape index (κ1) is 26.5. The van der Waals surface area contributed by atoms with Crippen molar-refractivity contribution in [2.24, 2.45) is 0 Å². The number of nitrogens with zero attached hydrogens (tertiary/aromatic N) is 1. The molecule has 0 aliphatic heterocycles. The van der Waals surface area contributed by atoms with E-state index in [0.717, 1.165) is 21.3 Å². The third-order valence-electron chi connectivity index (χ3n) is 5.69. The summed E-state index contributed by atoms with van der Waals surface area (Å²) in [7, 11) is 0. The quantitative estimate of drug-likeness (QED) is 0.302. The second-order valence-electron chi connectivity index (χ2n) is 8.52. The zero-order valence-electron chi connectivity index (χ0n) is 20.4. The molecule has 0 aliphatic carbocycles. The maximum absolute atomic E-state index is 13.5. The van der Waals surface area contributed by atoms with Crippen molar-refractivity contribution in [3.8, 4) is 5.75 Å². The molecule has 3 aromatic carbocycles. The molecule has 1 unspecified atom stereocenters. The minimum atomic E-state index is -0.609. The van der Waals surface area contributed by atoms with Gasteiger partial charge in [0.25, 0.3) is 0 Å². The highest BCUT2D eigenvalue weighted by atomic mass is 79.9. The van der Waals surface area contributed by atoms with Crippen LogP contribution in [0.25, 0.3) is 0 Å². The molecule has 5 nitrogen and oxygen atoms in total. The highest BCUT2D eigenvalue weighted by Gasteiger charge is 2.29. The van der Waals surface area contributed by atoms with E-state index < -0.39 is 6.04 Å². The first-order valence-electron chi connectivity index (χ1n) is 12.0. The number of likely N-dealkylation sites (N-methyl/N-ethyl adjacent to an activating group) is 1. The third kappa shape index (κ3) is 8.55. The van der Waals surface area contributed by atoms with Crippen molar-refractivity contribution in [1.29, 1.82) is 0 Å². The lowest BCUT2D eigenvalue weighted by Gasteiger charge is -2.31. The lowest BCUT2D eigenvalue weighted by molar-refractivity contribution is -0.141. The number of amides is 2. The van der Waals surface area contributed by atoms with Gasteiger partial charge in [0.2, 0.25) is 11.8 Å². The average molecular weight is 537 g/mol. The van der Waals surface area contributed by atoms with Gasteiger partial charge in [0.1, 0.15) is 11.8 Å². The SMILES string of the molecule is CCNC(=O)C(Cc1ccccc1)N(Cc1cccc(Br)c1)C(=O)CCCOc1ccc(C)cc1. The monoisotopic (exact) mass is 536 g/mol. The van der Waals surface area contributed by atoms with Gasteiger partial charge in [-0.15, -0.1) is 0 Å². The molecule has 1 atom stereocenters. The van der Waals surface area contributed by atoms with Crippen molar-refractivity contribution in [2.75, 3.05) is 13.2 Å². The number of hydrogen-bond acceptors (Lipinski definition) is 3. The molecule has 0 aliphatic rings. The minimum absolute atomic E-state index is 0.0651. The number of rotatable bonds is 12. The Kier molecular flexibility index (Phi) is 10.4. The summed E-state index contributed by atoms with van der Waals surface area (Å²) in [5.41, 5.74) is 3.15. The Hall–Kier alpha value is -3.12. The van der Waals surface area contributed by atoms with E-state index >= 15 is 0 Å². The number of benzene rings is 3. The van der Waals surface area contributed by atoms with Crippen molar-refractivity contribution >= 4 is 27.7 Å². The topological polar surface area (TPSA) is 58.6 Å². The third-order valence-corrected chi connectivity index (χ3v) is 6.18. The van der Waals surface area contributed by atoms with Crippen molar-refractivity contribution in [1.82, 2.24) is 10.2 Å². The van der Waals surface area contributed by atoms with Crippen molar-refractivity contribution in [3.63, 3.8) is 0 Å². The molecular weight excluding hydrogens is 504 g/mol. The van der Waals surface area contributed by atoms with Gasteiger partial charge in [-0.2, -0.15) is 0 Å². The molecule has 184 valence electrons. The molecule has 1 N–H and O–H groups in total. The van der Waals surface area contributed by atoms with E-state index in [1.54, 1.807) is 4.90 Å². The van der Waals surface area contributed by atoms with Gasteiger partial charge in [-0.3, -0.25) is 9.59 Å². The van der Waals surface area contributed by atoms with E-state index in [-0.39, 0.29) is 11.8 Å². The van der Waals surface area contributed by atoms with Crippen LogP contribution >= 0.6 is 15.9 Å². The summed E-state index contributed by atoms with van der Waals surface area (Å²) in [6.07, 6.45) is 1.31. The van der Waals surface area contributed by atoms with Crippen LogP contribution in [0, 0.1) is 6.92 Å². The standard InChI is InChI=1S/C29H33BrN2O3/c1-3-31-29(34)27(20-23-9-5-4-6-10-23)32(21-24-11-7-12-25(30)19-24)28(33)13-8-18-35-26-16-14-22(2)15-17-26/h4-7,9-12,14-17,19,27H,3,8,13,18,20-21H2,1-2H3,(H,31,34). The summed E-state index contributed by atoms with van der Waals surface area (Å²) < 4.78 is 6.75. The molecule has 0 radical (unpaired) electrons. The molecular formula is C29H33BrN2O3. The van der Waals surface area contributed by atoms with Crippen LogP contribution in [0.1, 0.15) is 36.5 Å². The summed E-state index contributed by atoms with van der Waals surface area (Å²) in [4.78, 5) is 28.4. The molecule has 2 amide bonds. The number of carbonyl (C=O) groups is 2. The van der Waals surface area contributed by atoms with Crippen LogP contribution in [0.15, 0.2) is 83.3 Å².